The Hall–Kier alpha value is -0.970. The van der Waals surface area contributed by atoms with Crippen LogP contribution in [0.3, 0.4) is 0 Å². The molecule has 0 fully saturated rings. The summed E-state index contributed by atoms with van der Waals surface area (Å²) < 4.78 is 0. The van der Waals surface area contributed by atoms with E-state index in [4.69, 9.17) is 5.11 Å². The molecule has 0 bridgehead atoms. The first-order chi connectivity index (χ1) is 4.68. The Kier molecular flexibility index (Phi) is 12.9. The molecule has 0 aromatic rings. The summed E-state index contributed by atoms with van der Waals surface area (Å²) in [7, 11) is 0. The third-order valence-corrected chi connectivity index (χ3v) is 0.732. The van der Waals surface area contributed by atoms with Crippen LogP contribution in [0, 0.1) is 11.8 Å². The van der Waals surface area contributed by atoms with Gasteiger partial charge in [-0.1, -0.05) is 32.6 Å². The highest BCUT2D eigenvalue weighted by Gasteiger charge is 1.76. The van der Waals surface area contributed by atoms with Gasteiger partial charge in [0.05, 0.1) is 0 Å². The lowest BCUT2D eigenvalue weighted by molar-refractivity contribution is -0.130. The maximum absolute atomic E-state index is 9.43. The van der Waals surface area contributed by atoms with E-state index in [9.17, 15) is 4.79 Å². The SMILES string of the molecule is CC#CC(=O)O.CCCC. The number of aliphatic carboxylic acids is 1. The van der Waals surface area contributed by atoms with Crippen molar-refractivity contribution in [1.29, 1.82) is 0 Å². The van der Waals surface area contributed by atoms with Crippen molar-refractivity contribution in [3.05, 3.63) is 0 Å². The number of hydrogen-bond acceptors (Lipinski definition) is 1. The molecule has 2 heteroatoms. The lowest BCUT2D eigenvalue weighted by atomic mass is 10.4. The zero-order chi connectivity index (χ0) is 8.41. The van der Waals surface area contributed by atoms with Crippen LogP contribution in [-0.2, 0) is 4.79 Å². The van der Waals surface area contributed by atoms with Crippen LogP contribution in [0.15, 0.2) is 0 Å². The Morgan fingerprint density at radius 1 is 1.40 bits per heavy atom. The molecule has 0 radical (unpaired) electrons. The largest absolute Gasteiger partial charge is 0.472 e. The molecule has 0 aromatic carbocycles. The maximum Gasteiger partial charge on any atom is 0.381 e. The summed E-state index contributed by atoms with van der Waals surface area (Å²) in [4.78, 5) is 9.43. The summed E-state index contributed by atoms with van der Waals surface area (Å²) in [5.41, 5.74) is 0. The van der Waals surface area contributed by atoms with E-state index in [1.165, 1.54) is 19.8 Å². The van der Waals surface area contributed by atoms with E-state index in [-0.39, 0.29) is 0 Å². The molecule has 1 N–H and O–H groups in total. The molecule has 0 aliphatic carbocycles. The van der Waals surface area contributed by atoms with Gasteiger partial charge >= 0.3 is 5.97 Å². The van der Waals surface area contributed by atoms with Crippen LogP contribution in [-0.4, -0.2) is 11.1 Å². The topological polar surface area (TPSA) is 37.3 Å². The second-order valence-corrected chi connectivity index (χ2v) is 1.68. The monoisotopic (exact) mass is 142 g/mol. The minimum atomic E-state index is -1.07. The van der Waals surface area contributed by atoms with Crippen LogP contribution in [0.4, 0.5) is 0 Å². The Bertz CT molecular complexity index is 126. The van der Waals surface area contributed by atoms with E-state index < -0.39 is 5.97 Å². The normalized spacial score (nSPS) is 6.30. The standard InChI is InChI=1S/C4H4O2.C4H10/c1-2-3-4(5)6;1-3-4-2/h1H3,(H,5,6);3-4H2,1-2H3. The molecule has 10 heavy (non-hydrogen) atoms. The van der Waals surface area contributed by atoms with Crippen LogP contribution >= 0.6 is 0 Å². The van der Waals surface area contributed by atoms with Crippen molar-refractivity contribution in [2.75, 3.05) is 0 Å². The molecule has 58 valence electrons. The summed E-state index contributed by atoms with van der Waals surface area (Å²) in [6.07, 6.45) is 2.64. The van der Waals surface area contributed by atoms with Crippen LogP contribution in [0.5, 0.6) is 0 Å². The van der Waals surface area contributed by atoms with E-state index in [0.29, 0.717) is 0 Å². The first-order valence-corrected chi connectivity index (χ1v) is 3.34. The molecule has 2 nitrogen and oxygen atoms in total. The molecule has 0 aliphatic heterocycles. The van der Waals surface area contributed by atoms with Gasteiger partial charge in [0.1, 0.15) is 0 Å². The van der Waals surface area contributed by atoms with Gasteiger partial charge < -0.3 is 5.11 Å². The average Bonchev–Trinajstić information content (AvgIpc) is 1.89. The van der Waals surface area contributed by atoms with E-state index >= 15 is 0 Å². The molecule has 0 saturated carbocycles. The quantitative estimate of drug-likeness (QED) is 0.568. The van der Waals surface area contributed by atoms with Crippen LogP contribution in [0.2, 0.25) is 0 Å². The summed E-state index contributed by atoms with van der Waals surface area (Å²) in [5.74, 6) is 3.02. The molecule has 0 aromatic heterocycles. The van der Waals surface area contributed by atoms with Gasteiger partial charge in [0.2, 0.25) is 0 Å². The maximum atomic E-state index is 9.43. The molecule has 0 spiro atoms. The zero-order valence-electron chi connectivity index (χ0n) is 6.77. The lowest BCUT2D eigenvalue weighted by Crippen LogP contribution is -1.84. The highest BCUT2D eigenvalue weighted by atomic mass is 16.4. The van der Waals surface area contributed by atoms with E-state index in [1.807, 2.05) is 5.92 Å². The molecular formula is C8H14O2. The zero-order valence-corrected chi connectivity index (χ0v) is 6.77. The minimum Gasteiger partial charge on any atom is -0.472 e. The van der Waals surface area contributed by atoms with E-state index in [0.717, 1.165) is 0 Å². The van der Waals surface area contributed by atoms with E-state index in [2.05, 4.69) is 19.8 Å². The van der Waals surface area contributed by atoms with Crippen molar-refractivity contribution < 1.29 is 9.90 Å². The summed E-state index contributed by atoms with van der Waals surface area (Å²) in [5, 5.41) is 7.74. The molecule has 0 rings (SSSR count). The van der Waals surface area contributed by atoms with E-state index in [1.54, 1.807) is 0 Å². The molecule has 0 heterocycles. The molecule has 0 amide bonds. The lowest BCUT2D eigenvalue weighted by Gasteiger charge is -1.68. The van der Waals surface area contributed by atoms with Crippen molar-refractivity contribution in [3.8, 4) is 11.8 Å². The van der Waals surface area contributed by atoms with Crippen molar-refractivity contribution in [1.82, 2.24) is 0 Å². The highest BCUT2D eigenvalue weighted by molar-refractivity contribution is 5.86. The average molecular weight is 142 g/mol. The first-order valence-electron chi connectivity index (χ1n) is 3.34. The van der Waals surface area contributed by atoms with Crippen LogP contribution in [0.1, 0.15) is 33.6 Å². The van der Waals surface area contributed by atoms with Gasteiger partial charge in [-0.25, -0.2) is 4.79 Å². The van der Waals surface area contributed by atoms with Crippen molar-refractivity contribution >= 4 is 5.97 Å². The molecule has 0 unspecified atom stereocenters. The first kappa shape index (κ1) is 11.8. The van der Waals surface area contributed by atoms with Gasteiger partial charge in [-0.15, -0.1) is 0 Å². The smallest absolute Gasteiger partial charge is 0.381 e. The molecular weight excluding hydrogens is 128 g/mol. The molecule has 0 aliphatic rings. The van der Waals surface area contributed by atoms with Gasteiger partial charge in [-0.2, -0.15) is 0 Å². The Morgan fingerprint density at radius 2 is 1.80 bits per heavy atom. The number of carbonyl (C=O) groups is 1. The van der Waals surface area contributed by atoms with Crippen molar-refractivity contribution in [3.63, 3.8) is 0 Å². The molecule has 0 saturated heterocycles. The Labute approximate surface area is 62.3 Å². The summed E-state index contributed by atoms with van der Waals surface area (Å²) in [6, 6.07) is 0. The highest BCUT2D eigenvalue weighted by Crippen LogP contribution is 1.76. The number of carboxylic acids is 1. The van der Waals surface area contributed by atoms with Gasteiger partial charge in [-0.3, -0.25) is 0 Å². The minimum absolute atomic E-state index is 1.07. The fourth-order valence-corrected chi connectivity index (χ4v) is 0.107. The fourth-order valence-electron chi connectivity index (χ4n) is 0.107. The van der Waals surface area contributed by atoms with Gasteiger partial charge in [0.15, 0.2) is 0 Å². The summed E-state index contributed by atoms with van der Waals surface area (Å²) >= 11 is 0. The Morgan fingerprint density at radius 3 is 1.80 bits per heavy atom. The van der Waals surface area contributed by atoms with Gasteiger partial charge in [-0.05, 0) is 6.92 Å². The number of carboxylic acid groups (broad SMARTS) is 1. The second-order valence-electron chi connectivity index (χ2n) is 1.68. The van der Waals surface area contributed by atoms with Gasteiger partial charge in [0, 0.05) is 5.92 Å². The van der Waals surface area contributed by atoms with Crippen molar-refractivity contribution in [2.45, 2.75) is 33.6 Å². The number of rotatable bonds is 1. The number of unbranched alkanes of at least 4 members (excludes halogenated alkanes) is 1. The molecule has 0 atom stereocenters. The Balaban J connectivity index is 0. The number of hydrogen-bond donors (Lipinski definition) is 1. The van der Waals surface area contributed by atoms with Crippen molar-refractivity contribution in [2.24, 2.45) is 0 Å². The van der Waals surface area contributed by atoms with Crippen LogP contribution in [0.25, 0.3) is 0 Å². The second kappa shape index (κ2) is 10.9. The predicted molar refractivity (Wildman–Crippen MR) is 41.7 cm³/mol. The predicted octanol–water partition coefficient (Wildman–Crippen LogP) is 1.90. The van der Waals surface area contributed by atoms with Gasteiger partial charge in [0.25, 0.3) is 0 Å². The van der Waals surface area contributed by atoms with Crippen LogP contribution < -0.4 is 0 Å². The third kappa shape index (κ3) is 27.8. The summed E-state index contributed by atoms with van der Waals surface area (Å²) in [6.45, 7) is 5.84. The fraction of sp³-hybridized carbons (Fsp3) is 0.625. The third-order valence-electron chi connectivity index (χ3n) is 0.732.